The maximum atomic E-state index is 11.7. The second kappa shape index (κ2) is 6.78. The van der Waals surface area contributed by atoms with Gasteiger partial charge in [0.05, 0.1) is 0 Å². The average Bonchev–Trinajstić information content (AvgIpc) is 2.11. The van der Waals surface area contributed by atoms with Gasteiger partial charge in [0, 0.05) is 6.54 Å². The van der Waals surface area contributed by atoms with Crippen LogP contribution in [0.4, 0.5) is 4.79 Å². The van der Waals surface area contributed by atoms with E-state index in [1.165, 1.54) is 0 Å². The summed E-state index contributed by atoms with van der Waals surface area (Å²) in [5.74, 6) is -0.199. The van der Waals surface area contributed by atoms with Crippen LogP contribution in [0.15, 0.2) is 0 Å². The van der Waals surface area contributed by atoms with Gasteiger partial charge in [-0.3, -0.25) is 4.79 Å². The molecule has 5 heteroatoms. The summed E-state index contributed by atoms with van der Waals surface area (Å²) < 4.78 is 5.09. The number of amides is 2. The molecule has 0 saturated carbocycles. The van der Waals surface area contributed by atoms with Crippen molar-refractivity contribution < 1.29 is 14.3 Å². The first kappa shape index (κ1) is 17.7. The zero-order valence-electron chi connectivity index (χ0n) is 13.2. The monoisotopic (exact) mass is 272 g/mol. The normalized spacial score (nSPS) is 13.6. The lowest BCUT2D eigenvalue weighted by Crippen LogP contribution is -2.46. The van der Waals surface area contributed by atoms with Gasteiger partial charge in [-0.05, 0) is 39.5 Å². The van der Waals surface area contributed by atoms with Gasteiger partial charge in [-0.15, -0.1) is 0 Å². The summed E-state index contributed by atoms with van der Waals surface area (Å²) in [7, 11) is 0. The lowest BCUT2D eigenvalue weighted by molar-refractivity contribution is -0.122. The molecule has 0 aliphatic carbocycles. The van der Waals surface area contributed by atoms with Crippen LogP contribution < -0.4 is 10.6 Å². The molecule has 1 atom stereocenters. The Morgan fingerprint density at radius 3 is 2.05 bits per heavy atom. The molecular formula is C14H28N2O3. The largest absolute Gasteiger partial charge is 0.444 e. The molecule has 0 radical (unpaired) electrons. The van der Waals surface area contributed by atoms with Crippen LogP contribution in [0.25, 0.3) is 0 Å². The number of hydrogen-bond donors (Lipinski definition) is 2. The van der Waals surface area contributed by atoms with E-state index in [2.05, 4.69) is 31.4 Å². The van der Waals surface area contributed by atoms with Crippen molar-refractivity contribution in [3.05, 3.63) is 0 Å². The molecule has 5 nitrogen and oxygen atoms in total. The first-order valence-electron chi connectivity index (χ1n) is 6.68. The van der Waals surface area contributed by atoms with Crippen molar-refractivity contribution in [3.63, 3.8) is 0 Å². The molecule has 0 fully saturated rings. The van der Waals surface area contributed by atoms with Gasteiger partial charge in [0.1, 0.15) is 11.6 Å². The molecule has 0 heterocycles. The van der Waals surface area contributed by atoms with Crippen LogP contribution in [-0.4, -0.2) is 30.2 Å². The van der Waals surface area contributed by atoms with Crippen LogP contribution in [0, 0.1) is 5.41 Å². The van der Waals surface area contributed by atoms with Gasteiger partial charge in [0.15, 0.2) is 0 Å². The maximum Gasteiger partial charge on any atom is 0.408 e. The molecular weight excluding hydrogens is 244 g/mol. The molecule has 112 valence electrons. The van der Waals surface area contributed by atoms with Gasteiger partial charge in [0.25, 0.3) is 0 Å². The summed E-state index contributed by atoms with van der Waals surface area (Å²) >= 11 is 0. The Labute approximate surface area is 116 Å². The lowest BCUT2D eigenvalue weighted by Gasteiger charge is -2.22. The lowest BCUT2D eigenvalue weighted by atomic mass is 9.92. The molecule has 2 amide bonds. The summed E-state index contributed by atoms with van der Waals surface area (Å²) in [6.07, 6.45) is 0.309. The summed E-state index contributed by atoms with van der Waals surface area (Å²) in [6.45, 7) is 13.9. The number of hydrogen-bond acceptors (Lipinski definition) is 3. The fraction of sp³-hybridized carbons (Fsp3) is 0.857. The summed E-state index contributed by atoms with van der Waals surface area (Å²) in [5.41, 5.74) is -0.387. The van der Waals surface area contributed by atoms with Crippen LogP contribution >= 0.6 is 0 Å². The van der Waals surface area contributed by atoms with Crippen LogP contribution in [-0.2, 0) is 9.53 Å². The van der Waals surface area contributed by atoms with E-state index < -0.39 is 17.7 Å². The van der Waals surface area contributed by atoms with E-state index in [4.69, 9.17) is 4.74 Å². The number of carbonyl (C=O) groups is 2. The van der Waals surface area contributed by atoms with Gasteiger partial charge in [-0.2, -0.15) is 0 Å². The molecule has 1 unspecified atom stereocenters. The number of nitrogens with one attached hydrogen (secondary N) is 2. The summed E-state index contributed by atoms with van der Waals surface area (Å²) in [5, 5.41) is 5.31. The average molecular weight is 272 g/mol. The topological polar surface area (TPSA) is 67.4 Å². The Morgan fingerprint density at radius 1 is 1.11 bits per heavy atom. The van der Waals surface area contributed by atoms with Gasteiger partial charge in [0.2, 0.25) is 5.91 Å². The summed E-state index contributed by atoms with van der Waals surface area (Å²) in [4.78, 5) is 23.2. The number of alkyl carbamates (subject to hydrolysis) is 1. The first-order valence-corrected chi connectivity index (χ1v) is 6.68. The smallest absolute Gasteiger partial charge is 0.408 e. The van der Waals surface area contributed by atoms with Gasteiger partial charge >= 0.3 is 6.09 Å². The fourth-order valence-electron chi connectivity index (χ4n) is 1.26. The SMILES string of the molecule is CC(NC(=O)OC(C)(C)C)C(=O)NCCC(C)(C)C. The first-order chi connectivity index (χ1) is 8.41. The van der Waals surface area contributed by atoms with Gasteiger partial charge < -0.3 is 15.4 Å². The van der Waals surface area contributed by atoms with Crippen LogP contribution in [0.5, 0.6) is 0 Å². The molecule has 0 aromatic carbocycles. The Hall–Kier alpha value is -1.26. The van der Waals surface area contributed by atoms with E-state index >= 15 is 0 Å². The Morgan fingerprint density at radius 2 is 1.63 bits per heavy atom. The van der Waals surface area contributed by atoms with E-state index in [1.54, 1.807) is 27.7 Å². The van der Waals surface area contributed by atoms with Crippen molar-refractivity contribution in [1.82, 2.24) is 10.6 Å². The molecule has 0 saturated heterocycles. The quantitative estimate of drug-likeness (QED) is 0.826. The Balaban J connectivity index is 4.04. The molecule has 0 aliphatic rings. The van der Waals surface area contributed by atoms with Gasteiger partial charge in [-0.1, -0.05) is 20.8 Å². The van der Waals surface area contributed by atoms with E-state index in [0.717, 1.165) is 6.42 Å². The van der Waals surface area contributed by atoms with Crippen LogP contribution in [0.1, 0.15) is 54.9 Å². The third-order valence-electron chi connectivity index (χ3n) is 2.30. The summed E-state index contributed by atoms with van der Waals surface area (Å²) in [6, 6.07) is -0.602. The predicted octanol–water partition coefficient (Wildman–Crippen LogP) is 2.45. The minimum atomic E-state index is -0.602. The van der Waals surface area contributed by atoms with Crippen molar-refractivity contribution in [2.75, 3.05) is 6.54 Å². The highest BCUT2D eigenvalue weighted by Crippen LogP contribution is 2.16. The highest BCUT2D eigenvalue weighted by Gasteiger charge is 2.21. The third-order valence-corrected chi connectivity index (χ3v) is 2.30. The van der Waals surface area contributed by atoms with Crippen molar-refractivity contribution in [2.24, 2.45) is 5.41 Å². The molecule has 2 N–H and O–H groups in total. The third kappa shape index (κ3) is 10.4. The van der Waals surface area contributed by atoms with Crippen molar-refractivity contribution >= 4 is 12.0 Å². The van der Waals surface area contributed by atoms with E-state index in [9.17, 15) is 9.59 Å². The minimum absolute atomic E-state index is 0.176. The van der Waals surface area contributed by atoms with Crippen molar-refractivity contribution in [2.45, 2.75) is 66.5 Å². The molecule has 0 rings (SSSR count). The molecule has 0 bridgehead atoms. The zero-order valence-corrected chi connectivity index (χ0v) is 13.2. The van der Waals surface area contributed by atoms with Crippen molar-refractivity contribution in [3.8, 4) is 0 Å². The maximum absolute atomic E-state index is 11.7. The van der Waals surface area contributed by atoms with E-state index in [0.29, 0.717) is 6.54 Å². The Kier molecular flexibility index (Phi) is 6.33. The van der Waals surface area contributed by atoms with Gasteiger partial charge in [-0.25, -0.2) is 4.79 Å². The fourth-order valence-corrected chi connectivity index (χ4v) is 1.26. The van der Waals surface area contributed by atoms with Crippen LogP contribution in [0.3, 0.4) is 0 Å². The zero-order chi connectivity index (χ0) is 15.3. The molecule has 0 aliphatic heterocycles. The van der Waals surface area contributed by atoms with Crippen LogP contribution in [0.2, 0.25) is 0 Å². The van der Waals surface area contributed by atoms with E-state index in [-0.39, 0.29) is 11.3 Å². The highest BCUT2D eigenvalue weighted by molar-refractivity contribution is 5.85. The molecule has 0 aromatic heterocycles. The molecule has 19 heavy (non-hydrogen) atoms. The number of ether oxygens (including phenoxy) is 1. The number of carbonyl (C=O) groups excluding carboxylic acids is 2. The second-order valence-electron chi connectivity index (χ2n) is 6.97. The van der Waals surface area contributed by atoms with Crippen molar-refractivity contribution in [1.29, 1.82) is 0 Å². The predicted molar refractivity (Wildman–Crippen MR) is 75.9 cm³/mol. The van der Waals surface area contributed by atoms with E-state index in [1.807, 2.05) is 0 Å². The Bertz CT molecular complexity index is 314. The standard InChI is InChI=1S/C14H28N2O3/c1-10(16-12(18)19-14(5,6)7)11(17)15-9-8-13(2,3)4/h10H,8-9H2,1-7H3,(H,15,17)(H,16,18). The molecule has 0 spiro atoms. The second-order valence-corrected chi connectivity index (χ2v) is 6.97. The highest BCUT2D eigenvalue weighted by atomic mass is 16.6. The minimum Gasteiger partial charge on any atom is -0.444 e. The number of rotatable bonds is 4. The molecule has 0 aromatic rings.